The summed E-state index contributed by atoms with van der Waals surface area (Å²) in [6, 6.07) is 0.313. The highest BCUT2D eigenvalue weighted by Gasteiger charge is 2.23. The maximum Gasteiger partial charge on any atom is 0.262 e. The van der Waals surface area contributed by atoms with Gasteiger partial charge in [0.25, 0.3) is 5.56 Å². The first kappa shape index (κ1) is 19.7. The zero-order valence-corrected chi connectivity index (χ0v) is 16.5. The molecule has 0 aliphatic rings. The van der Waals surface area contributed by atoms with E-state index in [0.29, 0.717) is 23.3 Å². The summed E-state index contributed by atoms with van der Waals surface area (Å²) in [5.41, 5.74) is 0.701. The number of aromatic amines is 1. The standard InChI is InChI=1S/C20H34N4O/c1-6-11-12-15(9-4)24-19-17(13-21-24)20(25)23-18(22-19)16(10-5)14(7-2)8-3/h13-16H,6-12H2,1-5H3,(H,22,23,25)/t15?,16-/m1/s1. The lowest BCUT2D eigenvalue weighted by atomic mass is 9.85. The molecule has 0 bridgehead atoms. The van der Waals surface area contributed by atoms with E-state index in [4.69, 9.17) is 4.98 Å². The topological polar surface area (TPSA) is 63.6 Å². The van der Waals surface area contributed by atoms with Crippen LogP contribution in [0.1, 0.15) is 97.3 Å². The monoisotopic (exact) mass is 346 g/mol. The van der Waals surface area contributed by atoms with Gasteiger partial charge in [-0.3, -0.25) is 4.79 Å². The van der Waals surface area contributed by atoms with Crippen molar-refractivity contribution in [1.82, 2.24) is 19.7 Å². The first-order chi connectivity index (χ1) is 12.1. The van der Waals surface area contributed by atoms with Crippen LogP contribution in [0.5, 0.6) is 0 Å². The molecule has 0 radical (unpaired) electrons. The molecule has 0 aliphatic heterocycles. The van der Waals surface area contributed by atoms with E-state index in [1.54, 1.807) is 6.20 Å². The Kier molecular flexibility index (Phi) is 7.21. The van der Waals surface area contributed by atoms with Crippen LogP contribution >= 0.6 is 0 Å². The quantitative estimate of drug-likeness (QED) is 0.644. The van der Waals surface area contributed by atoms with E-state index in [-0.39, 0.29) is 5.56 Å². The van der Waals surface area contributed by atoms with Crippen molar-refractivity contribution < 1.29 is 0 Å². The molecular weight excluding hydrogens is 312 g/mol. The number of hydrogen-bond acceptors (Lipinski definition) is 3. The Morgan fingerprint density at radius 1 is 1.08 bits per heavy atom. The van der Waals surface area contributed by atoms with E-state index in [0.717, 1.165) is 43.6 Å². The molecule has 0 aromatic carbocycles. The molecule has 2 rings (SSSR count). The number of rotatable bonds is 10. The number of fused-ring (bicyclic) bond motifs is 1. The van der Waals surface area contributed by atoms with Gasteiger partial charge < -0.3 is 4.98 Å². The molecule has 140 valence electrons. The van der Waals surface area contributed by atoms with E-state index < -0.39 is 0 Å². The predicted molar refractivity (Wildman–Crippen MR) is 104 cm³/mol. The lowest BCUT2D eigenvalue weighted by molar-refractivity contribution is 0.373. The fraction of sp³-hybridized carbons (Fsp3) is 0.750. The van der Waals surface area contributed by atoms with Crippen LogP contribution in [0.25, 0.3) is 11.0 Å². The lowest BCUT2D eigenvalue weighted by Gasteiger charge is -2.23. The Labute approximate surface area is 151 Å². The minimum atomic E-state index is -0.0546. The summed E-state index contributed by atoms with van der Waals surface area (Å²) < 4.78 is 1.99. The number of aromatic nitrogens is 4. The number of nitrogens with one attached hydrogen (secondary N) is 1. The van der Waals surface area contributed by atoms with Gasteiger partial charge in [-0.1, -0.05) is 60.3 Å². The molecule has 2 heterocycles. The van der Waals surface area contributed by atoms with Gasteiger partial charge in [0, 0.05) is 5.92 Å². The molecule has 2 aromatic rings. The van der Waals surface area contributed by atoms with Crippen LogP contribution in [0.15, 0.2) is 11.0 Å². The zero-order valence-electron chi connectivity index (χ0n) is 16.5. The molecular formula is C20H34N4O. The summed E-state index contributed by atoms with van der Waals surface area (Å²) in [6.07, 6.45) is 9.29. The molecule has 0 aliphatic carbocycles. The normalized spacial score (nSPS) is 14.3. The van der Waals surface area contributed by atoms with Crippen LogP contribution in [0.2, 0.25) is 0 Å². The summed E-state index contributed by atoms with van der Waals surface area (Å²) in [6.45, 7) is 11.0. The van der Waals surface area contributed by atoms with Gasteiger partial charge in [-0.25, -0.2) is 9.67 Å². The number of hydrogen-bond donors (Lipinski definition) is 1. The van der Waals surface area contributed by atoms with E-state index in [9.17, 15) is 4.79 Å². The molecule has 5 heteroatoms. The van der Waals surface area contributed by atoms with Gasteiger partial charge in [-0.2, -0.15) is 5.10 Å². The van der Waals surface area contributed by atoms with E-state index in [1.165, 1.54) is 12.8 Å². The first-order valence-electron chi connectivity index (χ1n) is 10.1. The first-order valence-corrected chi connectivity index (χ1v) is 10.1. The van der Waals surface area contributed by atoms with Gasteiger partial charge in [0.2, 0.25) is 0 Å². The van der Waals surface area contributed by atoms with Crippen molar-refractivity contribution in [3.8, 4) is 0 Å². The van der Waals surface area contributed by atoms with E-state index >= 15 is 0 Å². The highest BCUT2D eigenvalue weighted by atomic mass is 16.1. The Morgan fingerprint density at radius 2 is 1.80 bits per heavy atom. The molecule has 0 fully saturated rings. The molecule has 1 N–H and O–H groups in total. The summed E-state index contributed by atoms with van der Waals surface area (Å²) in [7, 11) is 0. The van der Waals surface area contributed by atoms with Crippen LogP contribution in [-0.2, 0) is 0 Å². The summed E-state index contributed by atoms with van der Waals surface area (Å²) >= 11 is 0. The Hall–Kier alpha value is -1.65. The molecule has 2 aromatic heterocycles. The highest BCUT2D eigenvalue weighted by Crippen LogP contribution is 2.31. The van der Waals surface area contributed by atoms with Crippen molar-refractivity contribution in [2.45, 2.75) is 91.5 Å². The average molecular weight is 347 g/mol. The smallest absolute Gasteiger partial charge is 0.262 e. The maximum atomic E-state index is 12.6. The van der Waals surface area contributed by atoms with Crippen molar-refractivity contribution in [2.24, 2.45) is 5.92 Å². The lowest BCUT2D eigenvalue weighted by Crippen LogP contribution is -2.20. The Balaban J connectivity index is 2.51. The Bertz CT molecular complexity index is 714. The van der Waals surface area contributed by atoms with Gasteiger partial charge in [-0.15, -0.1) is 0 Å². The zero-order chi connectivity index (χ0) is 18.4. The fourth-order valence-electron chi connectivity index (χ4n) is 3.94. The van der Waals surface area contributed by atoms with Gasteiger partial charge in [0.15, 0.2) is 5.65 Å². The predicted octanol–water partition coefficient (Wildman–Crippen LogP) is 5.19. The summed E-state index contributed by atoms with van der Waals surface area (Å²) in [5, 5.41) is 5.14. The van der Waals surface area contributed by atoms with Gasteiger partial charge in [0.1, 0.15) is 11.2 Å². The SMILES string of the molecule is CCCCC(CC)n1ncc2c(=O)[nH]c([C@H](CC)C(CC)CC)nc21. The average Bonchev–Trinajstić information content (AvgIpc) is 3.04. The number of H-pyrrole nitrogens is 1. The van der Waals surface area contributed by atoms with Gasteiger partial charge in [-0.05, 0) is 25.2 Å². The highest BCUT2D eigenvalue weighted by molar-refractivity contribution is 5.73. The van der Waals surface area contributed by atoms with Gasteiger partial charge >= 0.3 is 0 Å². The molecule has 25 heavy (non-hydrogen) atoms. The van der Waals surface area contributed by atoms with Crippen LogP contribution in [0.3, 0.4) is 0 Å². The van der Waals surface area contributed by atoms with E-state index in [1.807, 2.05) is 4.68 Å². The van der Waals surface area contributed by atoms with Crippen LogP contribution in [-0.4, -0.2) is 19.7 Å². The molecule has 5 nitrogen and oxygen atoms in total. The van der Waals surface area contributed by atoms with Crippen molar-refractivity contribution in [1.29, 1.82) is 0 Å². The van der Waals surface area contributed by atoms with Crippen molar-refractivity contribution >= 4 is 11.0 Å². The molecule has 1 unspecified atom stereocenters. The van der Waals surface area contributed by atoms with E-state index in [2.05, 4.69) is 44.7 Å². The second-order valence-electron chi connectivity index (χ2n) is 7.07. The molecule has 0 saturated carbocycles. The number of nitrogens with zero attached hydrogens (tertiary/aromatic N) is 3. The maximum absolute atomic E-state index is 12.6. The van der Waals surface area contributed by atoms with Crippen molar-refractivity contribution in [2.75, 3.05) is 0 Å². The molecule has 0 spiro atoms. The minimum absolute atomic E-state index is 0.0546. The van der Waals surface area contributed by atoms with Crippen LogP contribution in [0, 0.1) is 5.92 Å². The third-order valence-corrected chi connectivity index (χ3v) is 5.60. The van der Waals surface area contributed by atoms with Crippen molar-refractivity contribution in [3.05, 3.63) is 22.4 Å². The second kappa shape index (κ2) is 9.16. The molecule has 0 amide bonds. The molecule has 2 atom stereocenters. The van der Waals surface area contributed by atoms with Crippen LogP contribution in [0.4, 0.5) is 0 Å². The van der Waals surface area contributed by atoms with Crippen LogP contribution < -0.4 is 5.56 Å². The third kappa shape index (κ3) is 4.13. The fourth-order valence-corrected chi connectivity index (χ4v) is 3.94. The summed E-state index contributed by atoms with van der Waals surface area (Å²) in [5.74, 6) is 1.68. The van der Waals surface area contributed by atoms with Crippen molar-refractivity contribution in [3.63, 3.8) is 0 Å². The molecule has 0 saturated heterocycles. The third-order valence-electron chi connectivity index (χ3n) is 5.60. The summed E-state index contributed by atoms with van der Waals surface area (Å²) in [4.78, 5) is 20.6. The van der Waals surface area contributed by atoms with Gasteiger partial charge in [0.05, 0.1) is 12.2 Å². The minimum Gasteiger partial charge on any atom is -0.310 e. The second-order valence-corrected chi connectivity index (χ2v) is 7.07. The largest absolute Gasteiger partial charge is 0.310 e. The number of unbranched alkanes of at least 4 members (excludes halogenated alkanes) is 1. The Morgan fingerprint density at radius 3 is 2.36 bits per heavy atom.